The van der Waals surface area contributed by atoms with E-state index in [1.807, 2.05) is 43.3 Å². The van der Waals surface area contributed by atoms with Crippen LogP contribution in [0.15, 0.2) is 36.4 Å². The van der Waals surface area contributed by atoms with Crippen molar-refractivity contribution in [2.45, 2.75) is 19.9 Å². The van der Waals surface area contributed by atoms with E-state index in [-0.39, 0.29) is 5.91 Å². The first kappa shape index (κ1) is 17.7. The molecule has 0 heterocycles. The highest BCUT2D eigenvalue weighted by Crippen LogP contribution is 2.27. The van der Waals surface area contributed by atoms with E-state index in [1.54, 1.807) is 21.3 Å². The minimum Gasteiger partial charge on any atom is -0.496 e. The quantitative estimate of drug-likeness (QED) is 0.848. The van der Waals surface area contributed by atoms with Gasteiger partial charge >= 0.3 is 0 Å². The Balaban J connectivity index is 1.94. The molecule has 0 atom stereocenters. The van der Waals surface area contributed by atoms with Crippen LogP contribution in [0, 0.1) is 6.92 Å². The van der Waals surface area contributed by atoms with Gasteiger partial charge < -0.3 is 19.5 Å². The van der Waals surface area contributed by atoms with E-state index in [2.05, 4.69) is 5.32 Å². The molecule has 0 bridgehead atoms. The molecule has 0 aliphatic heterocycles. The molecule has 24 heavy (non-hydrogen) atoms. The van der Waals surface area contributed by atoms with Crippen molar-refractivity contribution >= 4 is 5.91 Å². The topological polar surface area (TPSA) is 56.8 Å². The number of aryl methyl sites for hydroxylation is 1. The van der Waals surface area contributed by atoms with Gasteiger partial charge in [0, 0.05) is 6.54 Å². The third kappa shape index (κ3) is 4.41. The fourth-order valence-electron chi connectivity index (χ4n) is 2.49. The highest BCUT2D eigenvalue weighted by molar-refractivity contribution is 5.78. The van der Waals surface area contributed by atoms with Crippen LogP contribution in [0.25, 0.3) is 0 Å². The van der Waals surface area contributed by atoms with Crippen molar-refractivity contribution in [1.29, 1.82) is 0 Å². The second-order valence-electron chi connectivity index (χ2n) is 5.45. The number of ether oxygens (including phenoxy) is 3. The average Bonchev–Trinajstić information content (AvgIpc) is 2.59. The van der Waals surface area contributed by atoms with Crippen LogP contribution in [-0.2, 0) is 17.8 Å². The van der Waals surface area contributed by atoms with E-state index in [9.17, 15) is 4.79 Å². The fourth-order valence-corrected chi connectivity index (χ4v) is 2.49. The molecule has 5 nitrogen and oxygen atoms in total. The maximum Gasteiger partial charge on any atom is 0.224 e. The third-order valence-corrected chi connectivity index (χ3v) is 3.76. The summed E-state index contributed by atoms with van der Waals surface area (Å²) in [5.74, 6) is 2.11. The van der Waals surface area contributed by atoms with Crippen molar-refractivity contribution in [2.75, 3.05) is 21.3 Å². The van der Waals surface area contributed by atoms with Gasteiger partial charge in [0.25, 0.3) is 0 Å². The zero-order valence-electron chi connectivity index (χ0n) is 14.5. The Morgan fingerprint density at radius 2 is 1.50 bits per heavy atom. The maximum absolute atomic E-state index is 12.1. The number of hydrogen-bond acceptors (Lipinski definition) is 4. The van der Waals surface area contributed by atoms with Crippen molar-refractivity contribution < 1.29 is 19.0 Å². The van der Waals surface area contributed by atoms with Crippen LogP contribution in [0.1, 0.15) is 16.7 Å². The number of benzene rings is 2. The molecule has 128 valence electrons. The number of methoxy groups -OCH3 is 3. The zero-order valence-corrected chi connectivity index (χ0v) is 14.5. The smallest absolute Gasteiger partial charge is 0.224 e. The van der Waals surface area contributed by atoms with Crippen LogP contribution >= 0.6 is 0 Å². The Bertz CT molecular complexity index is 713. The second kappa shape index (κ2) is 8.24. The van der Waals surface area contributed by atoms with Crippen LogP contribution < -0.4 is 19.5 Å². The van der Waals surface area contributed by atoms with Gasteiger partial charge in [-0.15, -0.1) is 0 Å². The predicted octanol–water partition coefficient (Wildman–Crippen LogP) is 2.88. The van der Waals surface area contributed by atoms with Crippen molar-refractivity contribution in [3.8, 4) is 17.2 Å². The lowest BCUT2D eigenvalue weighted by Gasteiger charge is -2.11. The first-order valence-electron chi connectivity index (χ1n) is 7.68. The van der Waals surface area contributed by atoms with Gasteiger partial charge in [-0.3, -0.25) is 4.79 Å². The van der Waals surface area contributed by atoms with Crippen molar-refractivity contribution in [1.82, 2.24) is 5.32 Å². The summed E-state index contributed by atoms with van der Waals surface area (Å²) in [7, 11) is 4.82. The third-order valence-electron chi connectivity index (χ3n) is 3.76. The van der Waals surface area contributed by atoms with Gasteiger partial charge in [-0.1, -0.05) is 18.2 Å². The number of nitrogens with one attached hydrogen (secondary N) is 1. The minimum absolute atomic E-state index is 0.0330. The van der Waals surface area contributed by atoms with Crippen LogP contribution in [-0.4, -0.2) is 27.2 Å². The highest BCUT2D eigenvalue weighted by atomic mass is 16.5. The number of carbonyl (C=O) groups is 1. The van der Waals surface area contributed by atoms with Crippen LogP contribution in [0.4, 0.5) is 0 Å². The fraction of sp³-hybridized carbons (Fsp3) is 0.316. The van der Waals surface area contributed by atoms with Crippen molar-refractivity contribution in [3.63, 3.8) is 0 Å². The van der Waals surface area contributed by atoms with Crippen LogP contribution in [0.3, 0.4) is 0 Å². The molecule has 0 aromatic heterocycles. The summed E-state index contributed by atoms with van der Waals surface area (Å²) >= 11 is 0. The molecule has 0 saturated carbocycles. The summed E-state index contributed by atoms with van der Waals surface area (Å²) in [5, 5.41) is 2.92. The van der Waals surface area contributed by atoms with Crippen LogP contribution in [0.2, 0.25) is 0 Å². The summed E-state index contributed by atoms with van der Waals surface area (Å²) in [5.41, 5.74) is 2.92. The Morgan fingerprint density at radius 3 is 2.12 bits per heavy atom. The molecule has 2 aromatic carbocycles. The van der Waals surface area contributed by atoms with Crippen molar-refractivity contribution in [2.24, 2.45) is 0 Å². The highest BCUT2D eigenvalue weighted by Gasteiger charge is 2.08. The standard InChI is InChI=1S/C19H23NO4/c1-13-9-14(5-7-16(13)22-2)11-19(21)20-12-15-6-8-17(23-3)18(10-15)24-4/h5-10H,11-12H2,1-4H3,(H,20,21). The molecule has 2 rings (SSSR count). The van der Waals surface area contributed by atoms with Crippen molar-refractivity contribution in [3.05, 3.63) is 53.1 Å². The van der Waals surface area contributed by atoms with Gasteiger partial charge in [0.2, 0.25) is 5.91 Å². The minimum atomic E-state index is -0.0330. The molecule has 2 aromatic rings. The summed E-state index contributed by atoms with van der Waals surface area (Å²) in [4.78, 5) is 12.1. The average molecular weight is 329 g/mol. The van der Waals surface area contributed by atoms with Gasteiger partial charge in [0.15, 0.2) is 11.5 Å². The van der Waals surface area contributed by atoms with E-state index >= 15 is 0 Å². The number of hydrogen-bond donors (Lipinski definition) is 1. The molecule has 0 spiro atoms. The largest absolute Gasteiger partial charge is 0.496 e. The Labute approximate surface area is 142 Å². The molecule has 0 fully saturated rings. The number of carbonyl (C=O) groups excluding carboxylic acids is 1. The first-order chi connectivity index (χ1) is 11.6. The summed E-state index contributed by atoms with van der Waals surface area (Å²) in [6.07, 6.45) is 0.331. The molecule has 0 saturated heterocycles. The lowest BCUT2D eigenvalue weighted by atomic mass is 10.1. The van der Waals surface area contributed by atoms with Crippen LogP contribution in [0.5, 0.6) is 17.2 Å². The van der Waals surface area contributed by atoms with E-state index in [0.717, 1.165) is 22.4 Å². The molecule has 1 N–H and O–H groups in total. The van der Waals surface area contributed by atoms with E-state index in [0.29, 0.717) is 24.5 Å². The van der Waals surface area contributed by atoms with Gasteiger partial charge in [-0.05, 0) is 41.8 Å². The van der Waals surface area contributed by atoms with E-state index < -0.39 is 0 Å². The number of rotatable bonds is 7. The summed E-state index contributed by atoms with van der Waals surface area (Å²) < 4.78 is 15.7. The Kier molecular flexibility index (Phi) is 6.07. The predicted molar refractivity (Wildman–Crippen MR) is 92.8 cm³/mol. The zero-order chi connectivity index (χ0) is 17.5. The second-order valence-corrected chi connectivity index (χ2v) is 5.45. The molecule has 0 aliphatic carbocycles. The number of amides is 1. The van der Waals surface area contributed by atoms with E-state index in [1.165, 1.54) is 0 Å². The summed E-state index contributed by atoms with van der Waals surface area (Å²) in [6.45, 7) is 2.40. The van der Waals surface area contributed by atoms with Gasteiger partial charge in [0.1, 0.15) is 5.75 Å². The molecule has 0 aliphatic rings. The molecule has 0 radical (unpaired) electrons. The van der Waals surface area contributed by atoms with Gasteiger partial charge in [-0.25, -0.2) is 0 Å². The lowest BCUT2D eigenvalue weighted by Crippen LogP contribution is -2.24. The van der Waals surface area contributed by atoms with Gasteiger partial charge in [-0.2, -0.15) is 0 Å². The van der Waals surface area contributed by atoms with E-state index in [4.69, 9.17) is 14.2 Å². The normalized spacial score (nSPS) is 10.2. The SMILES string of the molecule is COc1ccc(CC(=O)NCc2ccc(OC)c(OC)c2)cc1C. The molecule has 1 amide bonds. The first-order valence-corrected chi connectivity index (χ1v) is 7.68. The molecular weight excluding hydrogens is 306 g/mol. The Hall–Kier alpha value is -2.69. The monoisotopic (exact) mass is 329 g/mol. The van der Waals surface area contributed by atoms with Gasteiger partial charge in [0.05, 0.1) is 27.8 Å². The molecular formula is C19H23NO4. The Morgan fingerprint density at radius 1 is 0.875 bits per heavy atom. The summed E-state index contributed by atoms with van der Waals surface area (Å²) in [6, 6.07) is 11.3. The maximum atomic E-state index is 12.1. The molecule has 0 unspecified atom stereocenters. The lowest BCUT2D eigenvalue weighted by molar-refractivity contribution is -0.120. The molecule has 5 heteroatoms.